The molecule has 1 aliphatic carbocycles. The standard InChI is InChI=1S/C20H27BrN2OSi/c1-19(2,3)25(5,6)24-14-20(9-10-20)13-23-12-17(21)16-11-15(22-4)7-8-18(16)23/h7-8,11-12H,9-10,13-14H2,1-3,5-6H3. The lowest BCUT2D eigenvalue weighted by molar-refractivity contribution is 0.199. The Balaban J connectivity index is 1.79. The maximum atomic E-state index is 7.20. The molecule has 0 saturated heterocycles. The predicted molar refractivity (Wildman–Crippen MR) is 111 cm³/mol. The second kappa shape index (κ2) is 6.26. The Morgan fingerprint density at radius 3 is 2.56 bits per heavy atom. The first-order chi connectivity index (χ1) is 11.6. The number of aromatic nitrogens is 1. The molecule has 0 bridgehead atoms. The Labute approximate surface area is 160 Å². The van der Waals surface area contributed by atoms with Crippen LogP contribution in [0.1, 0.15) is 33.6 Å². The minimum absolute atomic E-state index is 0.252. The lowest BCUT2D eigenvalue weighted by Gasteiger charge is -2.37. The van der Waals surface area contributed by atoms with Crippen LogP contribution >= 0.6 is 15.9 Å². The van der Waals surface area contributed by atoms with E-state index < -0.39 is 8.32 Å². The normalized spacial score (nSPS) is 16.8. The zero-order chi connectivity index (χ0) is 18.5. The van der Waals surface area contributed by atoms with Crippen LogP contribution in [0.2, 0.25) is 18.1 Å². The fourth-order valence-corrected chi connectivity index (χ4v) is 4.54. The molecule has 1 heterocycles. The van der Waals surface area contributed by atoms with Gasteiger partial charge in [0.05, 0.1) is 6.57 Å². The molecule has 1 fully saturated rings. The van der Waals surface area contributed by atoms with Crippen molar-refractivity contribution in [3.8, 4) is 0 Å². The Morgan fingerprint density at radius 2 is 2.00 bits per heavy atom. The molecule has 0 N–H and O–H groups in total. The van der Waals surface area contributed by atoms with Gasteiger partial charge < -0.3 is 8.99 Å². The maximum absolute atomic E-state index is 7.20. The van der Waals surface area contributed by atoms with Gasteiger partial charge in [-0.25, -0.2) is 4.85 Å². The van der Waals surface area contributed by atoms with Gasteiger partial charge in [-0.1, -0.05) is 26.8 Å². The van der Waals surface area contributed by atoms with Crippen molar-refractivity contribution < 1.29 is 4.43 Å². The summed E-state index contributed by atoms with van der Waals surface area (Å²) < 4.78 is 9.92. The van der Waals surface area contributed by atoms with Crippen LogP contribution in [0.15, 0.2) is 28.9 Å². The van der Waals surface area contributed by atoms with Crippen molar-refractivity contribution in [1.82, 2.24) is 4.57 Å². The van der Waals surface area contributed by atoms with Crippen LogP contribution in [0.25, 0.3) is 15.7 Å². The molecule has 0 amide bonds. The lowest BCUT2D eigenvalue weighted by Crippen LogP contribution is -2.42. The third-order valence-electron chi connectivity index (χ3n) is 5.95. The minimum Gasteiger partial charge on any atom is -0.416 e. The third-order valence-corrected chi connectivity index (χ3v) is 11.1. The highest BCUT2D eigenvalue weighted by Gasteiger charge is 2.46. The molecule has 0 aliphatic heterocycles. The van der Waals surface area contributed by atoms with Crippen molar-refractivity contribution in [3.05, 3.63) is 40.3 Å². The summed E-state index contributed by atoms with van der Waals surface area (Å²) in [4.78, 5) is 3.54. The molecule has 1 saturated carbocycles. The first-order valence-corrected chi connectivity index (χ1v) is 12.6. The van der Waals surface area contributed by atoms with Crippen LogP contribution in [0.5, 0.6) is 0 Å². The molecule has 0 spiro atoms. The summed E-state index contributed by atoms with van der Waals surface area (Å²) in [5.74, 6) is 0. The van der Waals surface area contributed by atoms with Crippen LogP contribution in [0.3, 0.4) is 0 Å². The number of fused-ring (bicyclic) bond motifs is 1. The van der Waals surface area contributed by atoms with E-state index in [1.54, 1.807) is 0 Å². The molecule has 3 rings (SSSR count). The van der Waals surface area contributed by atoms with E-state index in [0.29, 0.717) is 5.69 Å². The topological polar surface area (TPSA) is 18.5 Å². The second-order valence-electron chi connectivity index (χ2n) is 8.97. The molecule has 0 unspecified atom stereocenters. The molecular weight excluding hydrogens is 392 g/mol. The Hall–Kier alpha value is -1.09. The van der Waals surface area contributed by atoms with Gasteiger partial charge in [-0.3, -0.25) is 0 Å². The van der Waals surface area contributed by atoms with E-state index in [1.807, 2.05) is 12.1 Å². The Bertz CT molecular complexity index is 838. The van der Waals surface area contributed by atoms with E-state index in [-0.39, 0.29) is 10.5 Å². The predicted octanol–water partition coefficient (Wildman–Crippen LogP) is 6.76. The van der Waals surface area contributed by atoms with Gasteiger partial charge in [-0.05, 0) is 59.0 Å². The van der Waals surface area contributed by atoms with E-state index in [9.17, 15) is 0 Å². The van der Waals surface area contributed by atoms with E-state index in [0.717, 1.165) is 23.0 Å². The smallest absolute Gasteiger partial charge is 0.192 e. The molecule has 0 atom stereocenters. The van der Waals surface area contributed by atoms with Crippen LogP contribution in [-0.2, 0) is 11.0 Å². The van der Waals surface area contributed by atoms with E-state index >= 15 is 0 Å². The quantitative estimate of drug-likeness (QED) is 0.387. The average Bonchev–Trinajstić information content (AvgIpc) is 3.24. The molecule has 5 heteroatoms. The molecule has 1 aromatic heterocycles. The monoisotopic (exact) mass is 418 g/mol. The zero-order valence-corrected chi connectivity index (χ0v) is 18.4. The number of benzene rings is 1. The van der Waals surface area contributed by atoms with Crippen molar-refractivity contribution in [2.45, 2.75) is 58.3 Å². The third kappa shape index (κ3) is 3.72. The van der Waals surface area contributed by atoms with Crippen LogP contribution < -0.4 is 0 Å². The van der Waals surface area contributed by atoms with Crippen molar-refractivity contribution in [2.75, 3.05) is 6.61 Å². The fraction of sp³-hybridized carbons (Fsp3) is 0.550. The van der Waals surface area contributed by atoms with Gasteiger partial charge >= 0.3 is 0 Å². The van der Waals surface area contributed by atoms with Crippen molar-refractivity contribution in [1.29, 1.82) is 0 Å². The fourth-order valence-electron chi connectivity index (χ4n) is 2.88. The summed E-state index contributed by atoms with van der Waals surface area (Å²) in [6, 6.07) is 5.94. The SMILES string of the molecule is [C-]#[N+]c1ccc2c(c1)c(Br)cn2CC1(CO[Si](C)(C)C(C)(C)C)CC1. The highest BCUT2D eigenvalue weighted by atomic mass is 79.9. The Kier molecular flexibility index (Phi) is 4.68. The summed E-state index contributed by atoms with van der Waals surface area (Å²) in [5.41, 5.74) is 2.16. The van der Waals surface area contributed by atoms with Gasteiger partial charge in [0.1, 0.15) is 0 Å². The molecule has 1 aliphatic rings. The van der Waals surface area contributed by atoms with Gasteiger partial charge in [0.2, 0.25) is 0 Å². The van der Waals surface area contributed by atoms with Gasteiger partial charge in [-0.2, -0.15) is 0 Å². The summed E-state index contributed by atoms with van der Waals surface area (Å²) in [5, 5.41) is 1.37. The van der Waals surface area contributed by atoms with Crippen LogP contribution in [0, 0.1) is 12.0 Å². The summed E-state index contributed by atoms with van der Waals surface area (Å²) in [7, 11) is -1.70. The molecule has 134 valence electrons. The highest BCUT2D eigenvalue weighted by Crippen LogP contribution is 2.50. The second-order valence-corrected chi connectivity index (χ2v) is 14.6. The number of hydrogen-bond acceptors (Lipinski definition) is 1. The largest absolute Gasteiger partial charge is 0.416 e. The first kappa shape index (κ1) is 18.7. The lowest BCUT2D eigenvalue weighted by atomic mass is 10.1. The summed E-state index contributed by atoms with van der Waals surface area (Å²) in [6.45, 7) is 20.6. The van der Waals surface area contributed by atoms with E-state index in [1.165, 1.54) is 18.4 Å². The van der Waals surface area contributed by atoms with Crippen molar-refractivity contribution >= 4 is 40.8 Å². The molecule has 0 radical (unpaired) electrons. The molecule has 3 nitrogen and oxygen atoms in total. The van der Waals surface area contributed by atoms with Gasteiger partial charge in [0.15, 0.2) is 14.0 Å². The Morgan fingerprint density at radius 1 is 1.32 bits per heavy atom. The van der Waals surface area contributed by atoms with Crippen LogP contribution in [-0.4, -0.2) is 19.5 Å². The highest BCUT2D eigenvalue weighted by molar-refractivity contribution is 9.10. The van der Waals surface area contributed by atoms with Crippen molar-refractivity contribution in [2.24, 2.45) is 5.41 Å². The molecule has 25 heavy (non-hydrogen) atoms. The molecule has 1 aromatic carbocycles. The van der Waals surface area contributed by atoms with Gasteiger partial charge in [0, 0.05) is 40.1 Å². The summed E-state index contributed by atoms with van der Waals surface area (Å²) in [6.07, 6.45) is 4.63. The maximum Gasteiger partial charge on any atom is 0.192 e. The zero-order valence-electron chi connectivity index (χ0n) is 15.8. The summed E-state index contributed by atoms with van der Waals surface area (Å²) >= 11 is 3.66. The van der Waals surface area contributed by atoms with Gasteiger partial charge in [0.25, 0.3) is 0 Å². The number of nitrogens with zero attached hydrogens (tertiary/aromatic N) is 2. The molecule has 2 aromatic rings. The van der Waals surface area contributed by atoms with E-state index in [4.69, 9.17) is 11.0 Å². The number of halogens is 1. The van der Waals surface area contributed by atoms with E-state index in [2.05, 4.69) is 71.5 Å². The van der Waals surface area contributed by atoms with Gasteiger partial charge in [-0.15, -0.1) is 0 Å². The number of hydrogen-bond donors (Lipinski definition) is 0. The number of rotatable bonds is 5. The molecular formula is C20H27BrN2OSi. The van der Waals surface area contributed by atoms with Crippen molar-refractivity contribution in [3.63, 3.8) is 0 Å². The van der Waals surface area contributed by atoms with Crippen LogP contribution in [0.4, 0.5) is 5.69 Å². The first-order valence-electron chi connectivity index (χ1n) is 8.87. The average molecular weight is 419 g/mol. The minimum atomic E-state index is -1.70.